The average Bonchev–Trinajstić information content (AvgIpc) is 2.56. The first-order chi connectivity index (χ1) is 10.1. The molecule has 4 nitrogen and oxygen atoms in total. The van der Waals surface area contributed by atoms with Gasteiger partial charge in [-0.05, 0) is 35.7 Å². The summed E-state index contributed by atoms with van der Waals surface area (Å²) < 4.78 is 5.96. The highest BCUT2D eigenvalue weighted by molar-refractivity contribution is 6.30. The quantitative estimate of drug-likeness (QED) is 0.601. The lowest BCUT2D eigenvalue weighted by Crippen LogP contribution is -2.17. The van der Waals surface area contributed by atoms with Crippen LogP contribution in [0.15, 0.2) is 42.5 Å². The smallest absolute Gasteiger partial charge is 0.211 e. The fourth-order valence-corrected chi connectivity index (χ4v) is 3.05. The molecule has 2 atom stereocenters. The Morgan fingerprint density at radius 3 is 2.67 bits per heavy atom. The zero-order chi connectivity index (χ0) is 15.0. The summed E-state index contributed by atoms with van der Waals surface area (Å²) in [5.74, 6) is 1.10. The number of nitro groups is 1. The lowest BCUT2D eigenvalue weighted by Gasteiger charge is -2.19. The highest BCUT2D eigenvalue weighted by atomic mass is 35.5. The van der Waals surface area contributed by atoms with Crippen molar-refractivity contribution in [2.24, 2.45) is 0 Å². The maximum Gasteiger partial charge on any atom is 0.211 e. The van der Waals surface area contributed by atoms with E-state index < -0.39 is 0 Å². The van der Waals surface area contributed by atoms with Crippen LogP contribution in [0, 0.1) is 10.1 Å². The molecule has 0 unspecified atom stereocenters. The number of nitrogens with zero attached hydrogens (tertiary/aromatic N) is 1. The van der Waals surface area contributed by atoms with E-state index in [4.69, 9.17) is 16.3 Å². The molecule has 0 aromatic heterocycles. The van der Waals surface area contributed by atoms with Gasteiger partial charge < -0.3 is 4.74 Å². The van der Waals surface area contributed by atoms with Gasteiger partial charge in [0.05, 0.1) is 5.92 Å². The number of rotatable bonds is 2. The minimum atomic E-state index is -0.270. The molecule has 21 heavy (non-hydrogen) atoms. The van der Waals surface area contributed by atoms with Gasteiger partial charge in [-0.15, -0.1) is 0 Å². The number of benzene rings is 2. The van der Waals surface area contributed by atoms with Crippen LogP contribution in [0.2, 0.25) is 5.02 Å². The Hall–Kier alpha value is -2.07. The number of para-hydroxylation sites is 1. The molecular formula is C16H14ClNO3. The van der Waals surface area contributed by atoms with E-state index in [1.54, 1.807) is 6.07 Å². The van der Waals surface area contributed by atoms with Gasteiger partial charge in [0.25, 0.3) is 0 Å². The lowest BCUT2D eigenvalue weighted by molar-refractivity contribution is -0.484. The second-order valence-corrected chi connectivity index (χ2v) is 5.67. The van der Waals surface area contributed by atoms with Gasteiger partial charge in [0.2, 0.25) is 6.54 Å². The zero-order valence-corrected chi connectivity index (χ0v) is 12.2. The van der Waals surface area contributed by atoms with E-state index in [0.29, 0.717) is 16.5 Å². The van der Waals surface area contributed by atoms with Gasteiger partial charge in [0, 0.05) is 15.5 Å². The predicted octanol–water partition coefficient (Wildman–Crippen LogP) is 4.61. The van der Waals surface area contributed by atoms with Crippen LogP contribution in [0.1, 0.15) is 29.9 Å². The fraction of sp³-hybridized carbons (Fsp3) is 0.250. The van der Waals surface area contributed by atoms with Gasteiger partial charge in [-0.3, -0.25) is 10.1 Å². The van der Waals surface area contributed by atoms with Crippen molar-refractivity contribution in [2.45, 2.75) is 18.8 Å². The van der Waals surface area contributed by atoms with Gasteiger partial charge in [-0.1, -0.05) is 36.7 Å². The van der Waals surface area contributed by atoms with E-state index in [0.717, 1.165) is 11.1 Å². The maximum absolute atomic E-state index is 11.1. The Balaban J connectivity index is 2.17. The molecule has 108 valence electrons. The van der Waals surface area contributed by atoms with Crippen molar-refractivity contribution in [1.82, 2.24) is 0 Å². The van der Waals surface area contributed by atoms with Crippen LogP contribution in [-0.4, -0.2) is 11.5 Å². The van der Waals surface area contributed by atoms with Crippen molar-refractivity contribution in [3.8, 4) is 11.5 Å². The molecule has 0 fully saturated rings. The number of hydrogen-bond donors (Lipinski definition) is 0. The lowest BCUT2D eigenvalue weighted by atomic mass is 9.83. The van der Waals surface area contributed by atoms with Crippen LogP contribution in [0.4, 0.5) is 0 Å². The van der Waals surface area contributed by atoms with E-state index in [-0.39, 0.29) is 23.3 Å². The van der Waals surface area contributed by atoms with Crippen LogP contribution in [0.5, 0.6) is 11.5 Å². The van der Waals surface area contributed by atoms with E-state index >= 15 is 0 Å². The molecule has 1 heterocycles. The highest BCUT2D eigenvalue weighted by Gasteiger charge is 2.33. The van der Waals surface area contributed by atoms with Gasteiger partial charge >= 0.3 is 0 Å². The molecule has 3 rings (SSSR count). The third-order valence-electron chi connectivity index (χ3n) is 3.95. The van der Waals surface area contributed by atoms with Crippen LogP contribution in [-0.2, 0) is 0 Å². The Bertz CT molecular complexity index is 702. The molecule has 0 radical (unpaired) electrons. The van der Waals surface area contributed by atoms with Crippen molar-refractivity contribution in [1.29, 1.82) is 0 Å². The summed E-state index contributed by atoms with van der Waals surface area (Å²) >= 11 is 6.07. The number of hydrogen-bond acceptors (Lipinski definition) is 3. The zero-order valence-electron chi connectivity index (χ0n) is 11.5. The van der Waals surface area contributed by atoms with Crippen molar-refractivity contribution in [3.63, 3.8) is 0 Å². The summed E-state index contributed by atoms with van der Waals surface area (Å²) in [5.41, 5.74) is 1.78. The monoisotopic (exact) mass is 303 g/mol. The summed E-state index contributed by atoms with van der Waals surface area (Å²) in [6.45, 7) is 1.85. The molecule has 0 bridgehead atoms. The molecule has 5 heteroatoms. The average molecular weight is 304 g/mol. The predicted molar refractivity (Wildman–Crippen MR) is 81.0 cm³/mol. The molecule has 1 aliphatic rings. The Morgan fingerprint density at radius 2 is 1.90 bits per heavy atom. The minimum absolute atomic E-state index is 0.0484. The number of ether oxygens (including phenoxy) is 1. The molecule has 0 N–H and O–H groups in total. The number of fused-ring (bicyclic) bond motifs is 2. The van der Waals surface area contributed by atoms with E-state index in [9.17, 15) is 10.1 Å². The van der Waals surface area contributed by atoms with Crippen LogP contribution >= 0.6 is 11.6 Å². The topological polar surface area (TPSA) is 52.4 Å². The van der Waals surface area contributed by atoms with Gasteiger partial charge in [-0.2, -0.15) is 0 Å². The molecule has 2 aromatic rings. The second kappa shape index (κ2) is 5.37. The van der Waals surface area contributed by atoms with Gasteiger partial charge in [0.15, 0.2) is 0 Å². The minimum Gasteiger partial charge on any atom is -0.457 e. The molecule has 0 amide bonds. The summed E-state index contributed by atoms with van der Waals surface area (Å²) in [6.07, 6.45) is 0. The van der Waals surface area contributed by atoms with Crippen molar-refractivity contribution in [3.05, 3.63) is 68.7 Å². The van der Waals surface area contributed by atoms with Gasteiger partial charge in [0.1, 0.15) is 11.5 Å². The third-order valence-corrected chi connectivity index (χ3v) is 4.19. The van der Waals surface area contributed by atoms with Crippen LogP contribution < -0.4 is 4.74 Å². The van der Waals surface area contributed by atoms with Crippen LogP contribution in [0.25, 0.3) is 0 Å². The normalized spacial score (nSPS) is 19.9. The third kappa shape index (κ3) is 2.59. The SMILES string of the molecule is C[C@H]1c2cc(Cl)ccc2Oc2ccccc2[C@@H]1C[N+](=O)[O-]. The Morgan fingerprint density at radius 1 is 1.19 bits per heavy atom. The summed E-state index contributed by atoms with van der Waals surface area (Å²) in [6, 6.07) is 12.9. The summed E-state index contributed by atoms with van der Waals surface area (Å²) in [5, 5.41) is 11.7. The molecule has 0 saturated carbocycles. The Labute approximate surface area is 127 Å². The largest absolute Gasteiger partial charge is 0.457 e. The first-order valence-electron chi connectivity index (χ1n) is 6.74. The highest BCUT2D eigenvalue weighted by Crippen LogP contribution is 2.46. The van der Waals surface area contributed by atoms with Crippen molar-refractivity contribution in [2.75, 3.05) is 6.54 Å². The molecule has 0 aliphatic carbocycles. The van der Waals surface area contributed by atoms with Crippen molar-refractivity contribution >= 4 is 11.6 Å². The van der Waals surface area contributed by atoms with Crippen molar-refractivity contribution < 1.29 is 9.66 Å². The maximum atomic E-state index is 11.1. The summed E-state index contributed by atoms with van der Waals surface area (Å²) in [4.78, 5) is 10.8. The number of halogens is 1. The molecule has 1 aliphatic heterocycles. The molecule has 2 aromatic carbocycles. The van der Waals surface area contributed by atoms with E-state index in [1.807, 2.05) is 43.3 Å². The standard InChI is InChI=1S/C16H14ClNO3/c1-10-13-8-11(17)6-7-16(13)21-15-5-3-2-4-12(15)14(10)9-18(19)20/h2-8,10,14H,9H2,1H3/t10-,14+/m0/s1. The van der Waals surface area contributed by atoms with E-state index in [1.165, 1.54) is 0 Å². The molecule has 0 saturated heterocycles. The molecular weight excluding hydrogens is 290 g/mol. The summed E-state index contributed by atoms with van der Waals surface area (Å²) in [7, 11) is 0. The second-order valence-electron chi connectivity index (χ2n) is 5.23. The van der Waals surface area contributed by atoms with E-state index in [2.05, 4.69) is 0 Å². The van der Waals surface area contributed by atoms with Crippen LogP contribution in [0.3, 0.4) is 0 Å². The first-order valence-corrected chi connectivity index (χ1v) is 7.12. The molecule has 0 spiro atoms. The fourth-order valence-electron chi connectivity index (χ4n) is 2.87. The Kier molecular flexibility index (Phi) is 3.55. The first kappa shape index (κ1) is 13.9. The van der Waals surface area contributed by atoms with Gasteiger partial charge in [-0.25, -0.2) is 0 Å².